The van der Waals surface area contributed by atoms with E-state index < -0.39 is 285 Å². The van der Waals surface area contributed by atoms with E-state index in [0.29, 0.717) is 0 Å². The number of pyridine rings is 2. The lowest BCUT2D eigenvalue weighted by molar-refractivity contribution is -0.707. The molecule has 40 heteroatoms. The molecule has 30 aliphatic rings. The molecule has 98 heavy (non-hydrogen) atoms. The highest BCUT2D eigenvalue weighted by Crippen LogP contribution is 2.40. The first kappa shape index (κ1) is 75.9. The third-order valence-corrected chi connectivity index (χ3v) is 18.9. The van der Waals surface area contributed by atoms with E-state index in [9.17, 15) is 112 Å². The molecule has 30 saturated heterocycles. The summed E-state index contributed by atoms with van der Waals surface area (Å²) in [5, 5.41) is 250. The first-order valence-electron chi connectivity index (χ1n) is 31.8. The van der Waals surface area contributed by atoms with Crippen molar-refractivity contribution in [2.45, 2.75) is 259 Å². The molecule has 0 spiro atoms. The third kappa shape index (κ3) is 15.5. The Kier molecular flexibility index (Phi) is 25.4. The van der Waals surface area contributed by atoms with Gasteiger partial charge in [-0.2, -0.15) is 0 Å². The first-order chi connectivity index (χ1) is 46.9. The largest absolute Gasteiger partial charge is 0.394 e. The van der Waals surface area contributed by atoms with Gasteiger partial charge in [0.2, 0.25) is 0 Å². The summed E-state index contributed by atoms with van der Waals surface area (Å²) in [4.78, 5) is 0. The van der Waals surface area contributed by atoms with Crippen molar-refractivity contribution in [2.24, 2.45) is 0 Å². The van der Waals surface area contributed by atoms with Gasteiger partial charge in [0.05, 0.1) is 39.6 Å². The van der Waals surface area contributed by atoms with Gasteiger partial charge in [-0.05, 0) is 0 Å². The highest BCUT2D eigenvalue weighted by atomic mass is 16.8. The smallest absolute Gasteiger partial charge is 0.187 e. The van der Waals surface area contributed by atoms with E-state index in [2.05, 4.69) is 0 Å². The fourth-order valence-electron chi connectivity index (χ4n) is 13.4. The number of aliphatic hydroxyl groups is 22. The van der Waals surface area contributed by atoms with Gasteiger partial charge in [-0.1, -0.05) is 12.1 Å². The fraction of sp³-hybridized carbons (Fsp3) is 0.828. The molecule has 0 unspecified atom stereocenters. The predicted octanol–water partition coefficient (Wildman–Crippen LogP) is -15.4. The summed E-state index contributed by atoms with van der Waals surface area (Å²) in [5.74, 6) is 0. The lowest BCUT2D eigenvalue weighted by atomic mass is 9.94. The molecule has 16 bridgehead atoms. The van der Waals surface area contributed by atoms with Gasteiger partial charge in [0.1, 0.15) is 195 Å². The summed E-state index contributed by atoms with van der Waals surface area (Å²) >= 11 is 0. The summed E-state index contributed by atoms with van der Waals surface area (Å²) in [5.41, 5.74) is 0. The fourth-order valence-corrected chi connectivity index (χ4v) is 13.4. The Labute approximate surface area is 555 Å². The van der Waals surface area contributed by atoms with Gasteiger partial charge in [-0.25, -0.2) is 9.13 Å². The quantitative estimate of drug-likeness (QED) is 0.0982. The maximum atomic E-state index is 11.9. The lowest BCUT2D eigenvalue weighted by Crippen LogP contribution is -2.69. The van der Waals surface area contributed by atoms with E-state index in [1.165, 1.54) is 9.13 Å². The second kappa shape index (κ2) is 32.8. The Hall–Kier alpha value is -3.22. The van der Waals surface area contributed by atoms with Crippen molar-refractivity contribution in [1.29, 1.82) is 0 Å². The van der Waals surface area contributed by atoms with E-state index >= 15 is 0 Å². The standard InChI is InChI=1S/C58H88N2O38/c61-13-21-45-29(69)37(77)53(85-21)91-43-19(11-59-7-3-1-4-8-59)84-52(36(76)28(43)68)94-46-22(14-62)87-55(39(79)31(46)71)96-48-24(16-64)89-57(41(81)33(48)73)98-50-26(18-66)90-58(42(82)34(50)74)97-49-25(17-65)88-56(40(80)32(49)72)95-47-23(15-63)86-54(38(78)30(47)70)92-44-20(12-60-9-5-2-6-10-60)83-51(93-45)35(75)27(44)67/h1-10,19-58,61-82H,11-18H2/q+2/t19-,20-,21-,22-,23+,24-,25-,26-,27-,28+,29-,30-,31+,32-,33-,34-,35-,36+,37-,38-,39+,40-,41-,42-,43-,44-,45-,46-,47-,48-,49-,50-,51-,52-,53-,54-,55-,56-,57-,58-/m1/s1. The number of hydrogen-bond donors (Lipinski definition) is 22. The molecule has 30 aliphatic heterocycles. The zero-order valence-corrected chi connectivity index (χ0v) is 51.8. The first-order valence-corrected chi connectivity index (χ1v) is 31.8. The number of nitrogens with zero attached hydrogens (tertiary/aromatic N) is 2. The van der Waals surface area contributed by atoms with Crippen LogP contribution in [0.5, 0.6) is 0 Å². The normalized spacial score (nSPS) is 50.8. The average Bonchev–Trinajstić information content (AvgIpc) is 0.777. The number of aliphatic hydroxyl groups excluding tert-OH is 22. The van der Waals surface area contributed by atoms with Crippen molar-refractivity contribution in [2.75, 3.05) is 39.6 Å². The SMILES string of the molecule is OC[C@@H]1O[C@@H]2O[C@H]3[C@H](O)[C@@H](O)[C@@H](O[C@H]4[C@H](O)[C@@H](O)[C@@H](O[C@H]5[C@@H](O)[C@H](O)[C@@H](O[C@H]6[C@@H](O)[C@H](O)[C@@H](O[C@H]7[C@H](O)[C@@H](O)[C@@H](O[C@H]8[C@H](O)[C@@H](O)[C@@H](O[C@H]9[C@H](O)[C@@H](O)[C@@H](O[C@H]1[C@H](O)[C@H]2O)O[C@@H]9CO)O[C@@H]8CO)O[C@@H]7CO)O[C@@H]6CO)O[C@@H]5C[n+]1ccccc1)O[C@@H]4CO)O[C@@H]3C[n+]1ccccc1. The molecule has 2 aromatic rings. The molecule has 556 valence electrons. The summed E-state index contributed by atoms with van der Waals surface area (Å²) < 4.78 is 97.8. The summed E-state index contributed by atoms with van der Waals surface area (Å²) in [6.07, 6.45) is -73.5. The summed E-state index contributed by atoms with van der Waals surface area (Å²) in [6.45, 7) is -6.85. The van der Waals surface area contributed by atoms with Gasteiger partial charge < -0.3 is 188 Å². The zero-order valence-electron chi connectivity index (χ0n) is 51.8. The molecule has 40 atom stereocenters. The summed E-state index contributed by atoms with van der Waals surface area (Å²) in [6, 6.07) is 9.80. The van der Waals surface area contributed by atoms with Gasteiger partial charge in [-0.15, -0.1) is 0 Å². The van der Waals surface area contributed by atoms with Crippen LogP contribution in [-0.4, -0.2) is 398 Å². The Morgan fingerprint density at radius 1 is 0.184 bits per heavy atom. The molecule has 40 nitrogen and oxygen atoms in total. The van der Waals surface area contributed by atoms with Crippen LogP contribution in [0.4, 0.5) is 0 Å². The average molecular weight is 1420 g/mol. The molecule has 30 fully saturated rings. The Morgan fingerprint density at radius 3 is 0.480 bits per heavy atom. The molecule has 22 N–H and O–H groups in total. The van der Waals surface area contributed by atoms with Gasteiger partial charge in [0.15, 0.2) is 88.2 Å². The zero-order chi connectivity index (χ0) is 70.3. The van der Waals surface area contributed by atoms with E-state index in [4.69, 9.17) is 75.8 Å². The van der Waals surface area contributed by atoms with Gasteiger partial charge >= 0.3 is 0 Å². The van der Waals surface area contributed by atoms with Crippen LogP contribution >= 0.6 is 0 Å². The minimum Gasteiger partial charge on any atom is -0.394 e. The number of hydrogen-bond acceptors (Lipinski definition) is 38. The predicted molar refractivity (Wildman–Crippen MR) is 300 cm³/mol. The Morgan fingerprint density at radius 2 is 0.327 bits per heavy atom. The molecule has 32 rings (SSSR count). The topological polar surface area (TPSA) is 601 Å². The van der Waals surface area contributed by atoms with Gasteiger partial charge in [0.25, 0.3) is 0 Å². The van der Waals surface area contributed by atoms with Crippen LogP contribution in [0.1, 0.15) is 0 Å². The van der Waals surface area contributed by atoms with Gasteiger partial charge in [0, 0.05) is 24.3 Å². The number of aromatic nitrogens is 2. The molecule has 0 aromatic carbocycles. The third-order valence-electron chi connectivity index (χ3n) is 18.9. The van der Waals surface area contributed by atoms with Crippen LogP contribution in [0.15, 0.2) is 61.2 Å². The van der Waals surface area contributed by atoms with E-state index in [1.54, 1.807) is 61.2 Å². The van der Waals surface area contributed by atoms with E-state index in [-0.39, 0.29) is 13.1 Å². The summed E-state index contributed by atoms with van der Waals surface area (Å²) in [7, 11) is 0. The number of rotatable bonds is 10. The Bertz CT molecular complexity index is 2720. The second-order valence-corrected chi connectivity index (χ2v) is 25.2. The molecule has 32 heterocycles. The second-order valence-electron chi connectivity index (χ2n) is 25.2. The van der Waals surface area contributed by atoms with Crippen molar-refractivity contribution in [3.63, 3.8) is 0 Å². The van der Waals surface area contributed by atoms with Crippen molar-refractivity contribution < 1.29 is 197 Å². The monoisotopic (exact) mass is 1420 g/mol. The highest BCUT2D eigenvalue weighted by molar-refractivity contribution is 5.03. The molecule has 2 aromatic heterocycles. The van der Waals surface area contributed by atoms with Crippen molar-refractivity contribution in [3.05, 3.63) is 61.2 Å². The highest BCUT2D eigenvalue weighted by Gasteiger charge is 2.61. The Balaban J connectivity index is 0.886. The van der Waals surface area contributed by atoms with Crippen LogP contribution < -0.4 is 9.13 Å². The van der Waals surface area contributed by atoms with Crippen molar-refractivity contribution in [1.82, 2.24) is 0 Å². The molecular formula is C58H88N2O38+2. The van der Waals surface area contributed by atoms with Crippen molar-refractivity contribution >= 4 is 0 Å². The minimum absolute atomic E-state index is 0.263. The van der Waals surface area contributed by atoms with Crippen LogP contribution in [0.3, 0.4) is 0 Å². The molecule has 0 radical (unpaired) electrons. The van der Waals surface area contributed by atoms with Crippen LogP contribution in [-0.2, 0) is 88.9 Å². The van der Waals surface area contributed by atoms with Crippen molar-refractivity contribution in [3.8, 4) is 0 Å². The minimum atomic E-state index is -2.24. The maximum absolute atomic E-state index is 11.9. The van der Waals surface area contributed by atoms with E-state index in [1.807, 2.05) is 0 Å². The molecule has 0 saturated carbocycles. The van der Waals surface area contributed by atoms with Crippen LogP contribution in [0.2, 0.25) is 0 Å². The van der Waals surface area contributed by atoms with Crippen LogP contribution in [0.25, 0.3) is 0 Å². The lowest BCUT2D eigenvalue weighted by Gasteiger charge is -2.50. The number of ether oxygens (including phenoxy) is 16. The molecule has 0 aliphatic carbocycles. The molecular weight excluding hydrogens is 1330 g/mol. The molecule has 0 amide bonds. The van der Waals surface area contributed by atoms with E-state index in [0.717, 1.165) is 0 Å². The maximum Gasteiger partial charge on any atom is 0.187 e. The van der Waals surface area contributed by atoms with Gasteiger partial charge in [-0.3, -0.25) is 0 Å². The van der Waals surface area contributed by atoms with Crippen LogP contribution in [0, 0.1) is 0 Å².